The molecule has 2 aromatic rings. The maximum absolute atomic E-state index is 13.4. The lowest BCUT2D eigenvalue weighted by Crippen LogP contribution is -2.26. The standard InChI is InChI=1S/C17H16F2N2O2/c1-5-11-6-14(18)15(19)7-13(11)12-8-20-21(9-12)10-16(22)23-17(2,3)4/h1,6-9H,10H2,2-4H3. The molecule has 0 spiro atoms. The van der Waals surface area contributed by atoms with Crippen molar-refractivity contribution in [1.29, 1.82) is 0 Å². The zero-order valence-corrected chi connectivity index (χ0v) is 13.1. The van der Waals surface area contributed by atoms with Gasteiger partial charge in [-0.25, -0.2) is 8.78 Å². The first-order valence-electron chi connectivity index (χ1n) is 6.90. The first kappa shape index (κ1) is 16.7. The second-order valence-corrected chi connectivity index (χ2v) is 5.97. The van der Waals surface area contributed by atoms with E-state index in [-0.39, 0.29) is 12.1 Å². The second-order valence-electron chi connectivity index (χ2n) is 5.97. The Labute approximate surface area is 133 Å². The Kier molecular flexibility index (Phi) is 4.50. The molecule has 2 rings (SSSR count). The largest absolute Gasteiger partial charge is 0.459 e. The molecule has 1 aromatic carbocycles. The van der Waals surface area contributed by atoms with E-state index >= 15 is 0 Å². The maximum Gasteiger partial charge on any atom is 0.328 e. The van der Waals surface area contributed by atoms with Crippen LogP contribution < -0.4 is 0 Å². The summed E-state index contributed by atoms with van der Waals surface area (Å²) in [6, 6.07) is 1.97. The highest BCUT2D eigenvalue weighted by atomic mass is 19.2. The van der Waals surface area contributed by atoms with Crippen LogP contribution in [-0.4, -0.2) is 21.4 Å². The molecule has 1 heterocycles. The van der Waals surface area contributed by atoms with Gasteiger partial charge < -0.3 is 4.74 Å². The maximum atomic E-state index is 13.4. The minimum absolute atomic E-state index is 0.0909. The van der Waals surface area contributed by atoms with Crippen molar-refractivity contribution in [2.75, 3.05) is 0 Å². The van der Waals surface area contributed by atoms with Crippen LogP contribution in [0, 0.1) is 24.0 Å². The van der Waals surface area contributed by atoms with Gasteiger partial charge in [0.15, 0.2) is 11.6 Å². The summed E-state index contributed by atoms with van der Waals surface area (Å²) >= 11 is 0. The van der Waals surface area contributed by atoms with E-state index in [1.54, 1.807) is 20.8 Å². The van der Waals surface area contributed by atoms with Crippen LogP contribution in [-0.2, 0) is 16.1 Å². The molecule has 0 saturated carbocycles. The molecule has 0 saturated heterocycles. The summed E-state index contributed by atoms with van der Waals surface area (Å²) in [6.07, 6.45) is 8.28. The molecule has 23 heavy (non-hydrogen) atoms. The molecule has 120 valence electrons. The van der Waals surface area contributed by atoms with Crippen molar-refractivity contribution < 1.29 is 18.3 Å². The fraction of sp³-hybridized carbons (Fsp3) is 0.294. The number of terminal acetylenes is 1. The molecule has 0 radical (unpaired) electrons. The Morgan fingerprint density at radius 2 is 2.00 bits per heavy atom. The smallest absolute Gasteiger partial charge is 0.328 e. The molecule has 4 nitrogen and oxygen atoms in total. The third-order valence-electron chi connectivity index (χ3n) is 2.87. The molecule has 0 bridgehead atoms. The molecule has 0 atom stereocenters. The quantitative estimate of drug-likeness (QED) is 0.645. The molecule has 0 amide bonds. The van der Waals surface area contributed by atoms with Crippen LogP contribution in [0.3, 0.4) is 0 Å². The van der Waals surface area contributed by atoms with E-state index in [9.17, 15) is 13.6 Å². The number of hydrogen-bond donors (Lipinski definition) is 0. The van der Waals surface area contributed by atoms with E-state index < -0.39 is 23.2 Å². The van der Waals surface area contributed by atoms with Crippen LogP contribution in [0.15, 0.2) is 24.5 Å². The number of hydrogen-bond acceptors (Lipinski definition) is 3. The molecule has 0 aliphatic carbocycles. The van der Waals surface area contributed by atoms with Crippen molar-refractivity contribution in [1.82, 2.24) is 9.78 Å². The Bertz CT molecular complexity index is 783. The highest BCUT2D eigenvalue weighted by Crippen LogP contribution is 2.25. The summed E-state index contributed by atoms with van der Waals surface area (Å²) < 4.78 is 33.2. The number of esters is 1. The highest BCUT2D eigenvalue weighted by molar-refractivity contribution is 5.72. The first-order chi connectivity index (χ1) is 10.7. The normalized spacial score (nSPS) is 11.1. The lowest BCUT2D eigenvalue weighted by molar-refractivity contribution is -0.155. The number of carbonyl (C=O) groups excluding carboxylic acids is 1. The van der Waals surface area contributed by atoms with Gasteiger partial charge in [-0.1, -0.05) is 5.92 Å². The fourth-order valence-electron chi connectivity index (χ4n) is 2.00. The predicted molar refractivity (Wildman–Crippen MR) is 81.4 cm³/mol. The number of benzene rings is 1. The Morgan fingerprint density at radius 3 is 2.61 bits per heavy atom. The van der Waals surface area contributed by atoms with Crippen LogP contribution in [0.5, 0.6) is 0 Å². The number of nitrogens with zero attached hydrogens (tertiary/aromatic N) is 2. The van der Waals surface area contributed by atoms with Gasteiger partial charge in [0.1, 0.15) is 12.1 Å². The minimum atomic E-state index is -1.01. The molecule has 0 fully saturated rings. The molecule has 0 aliphatic rings. The summed E-state index contributed by atoms with van der Waals surface area (Å²) in [4.78, 5) is 11.8. The van der Waals surface area contributed by atoms with E-state index in [1.165, 1.54) is 17.1 Å². The van der Waals surface area contributed by atoms with Crippen LogP contribution in [0.2, 0.25) is 0 Å². The van der Waals surface area contributed by atoms with Crippen LogP contribution in [0.4, 0.5) is 8.78 Å². The fourth-order valence-corrected chi connectivity index (χ4v) is 2.00. The van der Waals surface area contributed by atoms with Gasteiger partial charge in [-0.15, -0.1) is 6.42 Å². The zero-order valence-electron chi connectivity index (χ0n) is 13.1. The van der Waals surface area contributed by atoms with Crippen LogP contribution >= 0.6 is 0 Å². The van der Waals surface area contributed by atoms with Gasteiger partial charge in [-0.2, -0.15) is 5.10 Å². The van der Waals surface area contributed by atoms with Gasteiger partial charge in [-0.3, -0.25) is 9.48 Å². The van der Waals surface area contributed by atoms with Crippen LogP contribution in [0.25, 0.3) is 11.1 Å². The van der Waals surface area contributed by atoms with Crippen molar-refractivity contribution in [3.8, 4) is 23.5 Å². The number of ether oxygens (including phenoxy) is 1. The summed E-state index contributed by atoms with van der Waals surface area (Å²) in [6.45, 7) is 5.20. The molecule has 0 N–H and O–H groups in total. The van der Waals surface area contributed by atoms with Gasteiger partial charge in [0, 0.05) is 22.9 Å². The van der Waals surface area contributed by atoms with Crippen LogP contribution in [0.1, 0.15) is 26.3 Å². The SMILES string of the molecule is C#Cc1cc(F)c(F)cc1-c1cnn(CC(=O)OC(C)(C)C)c1. The number of carbonyl (C=O) groups is 1. The van der Waals surface area contributed by atoms with E-state index in [0.29, 0.717) is 11.1 Å². The minimum Gasteiger partial charge on any atom is -0.459 e. The molecule has 0 aliphatic heterocycles. The first-order valence-corrected chi connectivity index (χ1v) is 6.90. The monoisotopic (exact) mass is 318 g/mol. The van der Waals surface area contributed by atoms with Gasteiger partial charge in [0.25, 0.3) is 0 Å². The summed E-state index contributed by atoms with van der Waals surface area (Å²) in [5, 5.41) is 4.02. The second kappa shape index (κ2) is 6.21. The van der Waals surface area contributed by atoms with Crippen molar-refractivity contribution in [3.05, 3.63) is 41.7 Å². The highest BCUT2D eigenvalue weighted by Gasteiger charge is 2.17. The number of aromatic nitrogens is 2. The zero-order chi connectivity index (χ0) is 17.2. The average molecular weight is 318 g/mol. The molecule has 1 aromatic heterocycles. The van der Waals surface area contributed by atoms with Crippen molar-refractivity contribution in [2.24, 2.45) is 0 Å². The van der Waals surface area contributed by atoms with Crippen molar-refractivity contribution in [3.63, 3.8) is 0 Å². The summed E-state index contributed by atoms with van der Waals surface area (Å²) in [5.74, 6) is -0.154. The topological polar surface area (TPSA) is 44.1 Å². The van der Waals surface area contributed by atoms with Gasteiger partial charge in [0.2, 0.25) is 0 Å². The van der Waals surface area contributed by atoms with Crippen molar-refractivity contribution in [2.45, 2.75) is 32.9 Å². The average Bonchev–Trinajstić information content (AvgIpc) is 2.87. The lowest BCUT2D eigenvalue weighted by Gasteiger charge is -2.19. The third-order valence-corrected chi connectivity index (χ3v) is 2.87. The van der Waals surface area contributed by atoms with Gasteiger partial charge >= 0.3 is 5.97 Å². The van der Waals surface area contributed by atoms with E-state index in [0.717, 1.165) is 12.1 Å². The Hall–Kier alpha value is -2.68. The van der Waals surface area contributed by atoms with Gasteiger partial charge in [0.05, 0.1) is 6.20 Å². The van der Waals surface area contributed by atoms with E-state index in [1.807, 2.05) is 0 Å². The number of rotatable bonds is 3. The lowest BCUT2D eigenvalue weighted by atomic mass is 10.0. The molecule has 6 heteroatoms. The van der Waals surface area contributed by atoms with Crippen molar-refractivity contribution >= 4 is 5.97 Å². The Balaban J connectivity index is 2.25. The Morgan fingerprint density at radius 1 is 1.35 bits per heavy atom. The third kappa shape index (κ3) is 4.16. The summed E-state index contributed by atoms with van der Waals surface area (Å²) in [5.41, 5.74) is 0.437. The van der Waals surface area contributed by atoms with E-state index in [2.05, 4.69) is 11.0 Å². The number of halogens is 2. The molecular formula is C17H16F2N2O2. The van der Waals surface area contributed by atoms with E-state index in [4.69, 9.17) is 11.2 Å². The molecular weight excluding hydrogens is 302 g/mol. The summed E-state index contributed by atoms with van der Waals surface area (Å²) in [7, 11) is 0. The van der Waals surface area contributed by atoms with Gasteiger partial charge in [-0.05, 0) is 32.9 Å². The predicted octanol–water partition coefficient (Wildman–Crippen LogP) is 3.15. The molecule has 0 unspecified atom stereocenters.